The molecule has 0 aliphatic rings. The van der Waals surface area contributed by atoms with E-state index in [1.807, 2.05) is 35.9 Å². The largest absolute Gasteiger partial charge is 0.250 e. The van der Waals surface area contributed by atoms with Crippen LogP contribution in [-0.4, -0.2) is 30.2 Å². The fourth-order valence-corrected chi connectivity index (χ4v) is 3.15. The van der Waals surface area contributed by atoms with Crippen molar-refractivity contribution in [2.24, 2.45) is 0 Å². The second-order valence-corrected chi connectivity index (χ2v) is 7.02. The van der Waals surface area contributed by atoms with Gasteiger partial charge in [-0.2, -0.15) is 0 Å². The molecule has 0 bridgehead atoms. The first kappa shape index (κ1) is 14.9. The van der Waals surface area contributed by atoms with E-state index in [-0.39, 0.29) is 5.54 Å². The van der Waals surface area contributed by atoms with Crippen LogP contribution in [0.2, 0.25) is 0 Å². The number of rotatable bonds is 3. The minimum absolute atomic E-state index is 0.143. The third-order valence-electron chi connectivity index (χ3n) is 3.26. The molecule has 6 nitrogen and oxygen atoms in total. The third-order valence-corrected chi connectivity index (χ3v) is 4.19. The lowest BCUT2D eigenvalue weighted by atomic mass is 10.1. The van der Waals surface area contributed by atoms with Gasteiger partial charge in [0, 0.05) is 5.75 Å². The monoisotopic (exact) mass is 314 g/mol. The zero-order valence-electron chi connectivity index (χ0n) is 13.1. The van der Waals surface area contributed by atoms with Crippen LogP contribution in [0.15, 0.2) is 29.4 Å². The van der Waals surface area contributed by atoms with Gasteiger partial charge in [0.1, 0.15) is 0 Å². The topological polar surface area (TPSA) is 69.4 Å². The van der Waals surface area contributed by atoms with Gasteiger partial charge in [-0.05, 0) is 50.3 Å². The van der Waals surface area contributed by atoms with E-state index in [0.29, 0.717) is 5.75 Å². The van der Waals surface area contributed by atoms with Gasteiger partial charge in [0.25, 0.3) is 0 Å². The summed E-state index contributed by atoms with van der Waals surface area (Å²) < 4.78 is 1.83. The van der Waals surface area contributed by atoms with Crippen molar-refractivity contribution >= 4 is 22.8 Å². The highest BCUT2D eigenvalue weighted by Gasteiger charge is 2.20. The molecule has 0 fully saturated rings. The standard InChI is InChI=1S/C15H18N6S/c1-10-13(17-12-8-6-5-7-11(12)16-10)9-22-14-18-19-20-21(14)15(2,3)4/h5-8H,9H2,1-4H3. The summed E-state index contributed by atoms with van der Waals surface area (Å²) in [6.45, 7) is 8.22. The average molecular weight is 314 g/mol. The Morgan fingerprint density at radius 3 is 2.45 bits per heavy atom. The zero-order valence-corrected chi connectivity index (χ0v) is 13.9. The summed E-state index contributed by atoms with van der Waals surface area (Å²) in [5.41, 5.74) is 3.61. The molecule has 0 amide bonds. The molecule has 0 radical (unpaired) electrons. The van der Waals surface area contributed by atoms with E-state index in [2.05, 4.69) is 41.3 Å². The first-order chi connectivity index (χ1) is 10.4. The number of hydrogen-bond donors (Lipinski definition) is 0. The molecule has 2 aromatic heterocycles. The van der Waals surface area contributed by atoms with E-state index < -0.39 is 0 Å². The molecule has 0 aliphatic carbocycles. The molecule has 0 saturated carbocycles. The van der Waals surface area contributed by atoms with E-state index in [4.69, 9.17) is 4.98 Å². The predicted octanol–water partition coefficient (Wildman–Crippen LogP) is 2.97. The lowest BCUT2D eigenvalue weighted by molar-refractivity contribution is 0.321. The number of fused-ring (bicyclic) bond motifs is 1. The highest BCUT2D eigenvalue weighted by Crippen LogP contribution is 2.25. The van der Waals surface area contributed by atoms with E-state index in [1.54, 1.807) is 11.8 Å². The minimum atomic E-state index is -0.143. The van der Waals surface area contributed by atoms with Gasteiger partial charge < -0.3 is 0 Å². The van der Waals surface area contributed by atoms with Crippen LogP contribution in [-0.2, 0) is 11.3 Å². The summed E-state index contributed by atoms with van der Waals surface area (Å²) in [5.74, 6) is 0.695. The number of tetrazole rings is 1. The maximum absolute atomic E-state index is 4.70. The van der Waals surface area contributed by atoms with Crippen LogP contribution in [0.4, 0.5) is 0 Å². The normalized spacial score (nSPS) is 12.0. The number of para-hydroxylation sites is 2. The van der Waals surface area contributed by atoms with Gasteiger partial charge in [-0.1, -0.05) is 23.9 Å². The predicted molar refractivity (Wildman–Crippen MR) is 86.6 cm³/mol. The first-order valence-electron chi connectivity index (χ1n) is 7.09. The van der Waals surface area contributed by atoms with Crippen LogP contribution in [0.5, 0.6) is 0 Å². The highest BCUT2D eigenvalue weighted by molar-refractivity contribution is 7.98. The van der Waals surface area contributed by atoms with Gasteiger partial charge in [0.2, 0.25) is 5.16 Å². The van der Waals surface area contributed by atoms with Gasteiger partial charge in [-0.25, -0.2) is 14.6 Å². The fraction of sp³-hybridized carbons (Fsp3) is 0.400. The smallest absolute Gasteiger partial charge is 0.210 e. The molecule has 0 spiro atoms. The van der Waals surface area contributed by atoms with Crippen molar-refractivity contribution in [1.82, 2.24) is 30.2 Å². The Kier molecular flexibility index (Phi) is 3.82. The van der Waals surface area contributed by atoms with Crippen molar-refractivity contribution < 1.29 is 0 Å². The summed E-state index contributed by atoms with van der Waals surface area (Å²) in [4.78, 5) is 9.32. The maximum atomic E-state index is 4.70. The van der Waals surface area contributed by atoms with Crippen LogP contribution < -0.4 is 0 Å². The summed E-state index contributed by atoms with van der Waals surface area (Å²) in [5, 5.41) is 12.7. The summed E-state index contributed by atoms with van der Waals surface area (Å²) in [6, 6.07) is 7.91. The second kappa shape index (κ2) is 5.64. The number of benzene rings is 1. The van der Waals surface area contributed by atoms with Crippen LogP contribution in [0, 0.1) is 6.92 Å². The average Bonchev–Trinajstić information content (AvgIpc) is 2.93. The van der Waals surface area contributed by atoms with Crippen molar-refractivity contribution in [3.05, 3.63) is 35.7 Å². The van der Waals surface area contributed by atoms with Gasteiger partial charge >= 0.3 is 0 Å². The number of hydrogen-bond acceptors (Lipinski definition) is 6. The molecule has 1 aromatic carbocycles. The first-order valence-corrected chi connectivity index (χ1v) is 8.07. The number of nitrogens with zero attached hydrogens (tertiary/aromatic N) is 6. The molecule has 0 saturated heterocycles. The third kappa shape index (κ3) is 2.94. The molecule has 7 heteroatoms. The molecule has 114 valence electrons. The van der Waals surface area contributed by atoms with E-state index >= 15 is 0 Å². The Morgan fingerprint density at radius 1 is 1.09 bits per heavy atom. The van der Waals surface area contributed by atoms with E-state index in [1.165, 1.54) is 0 Å². The van der Waals surface area contributed by atoms with Crippen molar-refractivity contribution in [2.45, 2.75) is 44.1 Å². The van der Waals surface area contributed by atoms with Gasteiger partial charge in [-0.15, -0.1) is 5.10 Å². The molecule has 2 heterocycles. The molecule has 3 rings (SSSR count). The number of thioether (sulfide) groups is 1. The van der Waals surface area contributed by atoms with Crippen LogP contribution >= 0.6 is 11.8 Å². The Hall–Kier alpha value is -2.02. The van der Waals surface area contributed by atoms with Crippen molar-refractivity contribution in [3.8, 4) is 0 Å². The highest BCUT2D eigenvalue weighted by atomic mass is 32.2. The summed E-state index contributed by atoms with van der Waals surface area (Å²) >= 11 is 1.58. The Labute approximate surface area is 133 Å². The molecule has 0 atom stereocenters. The molecular weight excluding hydrogens is 296 g/mol. The van der Waals surface area contributed by atoms with Crippen molar-refractivity contribution in [3.63, 3.8) is 0 Å². The molecule has 0 aliphatic heterocycles. The minimum Gasteiger partial charge on any atom is -0.250 e. The Bertz CT molecular complexity index is 805. The summed E-state index contributed by atoms with van der Waals surface area (Å²) in [6.07, 6.45) is 0. The summed E-state index contributed by atoms with van der Waals surface area (Å²) in [7, 11) is 0. The Balaban J connectivity index is 1.85. The molecule has 22 heavy (non-hydrogen) atoms. The van der Waals surface area contributed by atoms with Crippen molar-refractivity contribution in [2.75, 3.05) is 0 Å². The van der Waals surface area contributed by atoms with Crippen molar-refractivity contribution in [1.29, 1.82) is 0 Å². The molecule has 0 unspecified atom stereocenters. The SMILES string of the molecule is Cc1nc2ccccc2nc1CSc1nnnn1C(C)(C)C. The quantitative estimate of drug-likeness (QED) is 0.692. The van der Waals surface area contributed by atoms with E-state index in [9.17, 15) is 0 Å². The maximum Gasteiger partial charge on any atom is 0.210 e. The van der Waals surface area contributed by atoms with Gasteiger partial charge in [0.05, 0.1) is 28.0 Å². The van der Waals surface area contributed by atoms with E-state index in [0.717, 1.165) is 27.6 Å². The second-order valence-electron chi connectivity index (χ2n) is 6.08. The van der Waals surface area contributed by atoms with Gasteiger partial charge in [-0.3, -0.25) is 0 Å². The molecule has 0 N–H and O–H groups in total. The van der Waals surface area contributed by atoms with Gasteiger partial charge in [0.15, 0.2) is 0 Å². The fourth-order valence-electron chi connectivity index (χ4n) is 2.08. The molecular formula is C15H18N6S. The van der Waals surface area contributed by atoms with Crippen LogP contribution in [0.1, 0.15) is 32.2 Å². The Morgan fingerprint density at radius 2 is 1.77 bits per heavy atom. The van der Waals surface area contributed by atoms with Crippen LogP contribution in [0.25, 0.3) is 11.0 Å². The number of aryl methyl sites for hydroxylation is 1. The lowest BCUT2D eigenvalue weighted by Gasteiger charge is -2.19. The lowest BCUT2D eigenvalue weighted by Crippen LogP contribution is -2.24. The zero-order chi connectivity index (χ0) is 15.7. The molecule has 3 aromatic rings. The number of aromatic nitrogens is 6. The van der Waals surface area contributed by atoms with Crippen LogP contribution in [0.3, 0.4) is 0 Å².